The summed E-state index contributed by atoms with van der Waals surface area (Å²) in [6.45, 7) is 3.98. The van der Waals surface area contributed by atoms with Gasteiger partial charge in [0.15, 0.2) is 5.82 Å². The Morgan fingerprint density at radius 3 is 2.42 bits per heavy atom. The summed E-state index contributed by atoms with van der Waals surface area (Å²) in [6, 6.07) is 10.5. The molecule has 1 aromatic carbocycles. The SMILES string of the molecule is Cc1nc(N2CCCC2)ccc1Nc1ncc(Cl)c(Nc2ccccc2S(=O)(=O)N(C)C)n1. The topological polar surface area (TPSA) is 103 Å². The third kappa shape index (κ3) is 5.02. The Morgan fingerprint density at radius 2 is 1.73 bits per heavy atom. The van der Waals surface area contributed by atoms with Crippen LogP contribution in [-0.4, -0.2) is 54.9 Å². The highest BCUT2D eigenvalue weighted by atomic mass is 35.5. The predicted molar refractivity (Wildman–Crippen MR) is 131 cm³/mol. The molecule has 1 aliphatic rings. The Balaban J connectivity index is 1.59. The minimum Gasteiger partial charge on any atom is -0.357 e. The van der Waals surface area contributed by atoms with Gasteiger partial charge in [-0.2, -0.15) is 4.98 Å². The Labute approximate surface area is 198 Å². The lowest BCUT2D eigenvalue weighted by Crippen LogP contribution is -2.23. The Kier molecular flexibility index (Phi) is 6.68. The Morgan fingerprint density at radius 1 is 1.00 bits per heavy atom. The van der Waals surface area contributed by atoms with Crippen molar-refractivity contribution in [1.29, 1.82) is 0 Å². The summed E-state index contributed by atoms with van der Waals surface area (Å²) in [6.07, 6.45) is 3.84. The molecule has 4 rings (SSSR count). The first-order chi connectivity index (χ1) is 15.8. The van der Waals surface area contributed by atoms with E-state index in [9.17, 15) is 8.42 Å². The maximum Gasteiger partial charge on any atom is 0.244 e. The lowest BCUT2D eigenvalue weighted by molar-refractivity contribution is 0.521. The van der Waals surface area contributed by atoms with E-state index in [1.807, 2.05) is 19.1 Å². The fraction of sp³-hybridized carbons (Fsp3) is 0.318. The standard InChI is InChI=1S/C22H26ClN7O2S/c1-15-17(10-11-20(25-15)30-12-6-7-13-30)27-22-24-14-16(23)21(28-22)26-18-8-4-5-9-19(18)33(31,32)29(2)3/h4-5,8-11,14H,6-7,12-13H2,1-3H3,(H2,24,26,27,28). The minimum absolute atomic E-state index is 0.122. The van der Waals surface area contributed by atoms with Gasteiger partial charge in [-0.25, -0.2) is 22.7 Å². The van der Waals surface area contributed by atoms with E-state index < -0.39 is 10.0 Å². The van der Waals surface area contributed by atoms with Crippen LogP contribution in [0, 0.1) is 6.92 Å². The van der Waals surface area contributed by atoms with Crippen molar-refractivity contribution in [2.24, 2.45) is 0 Å². The highest BCUT2D eigenvalue weighted by molar-refractivity contribution is 7.89. The first-order valence-electron chi connectivity index (χ1n) is 10.6. The second kappa shape index (κ2) is 9.50. The average Bonchev–Trinajstić information content (AvgIpc) is 3.32. The van der Waals surface area contributed by atoms with E-state index in [1.165, 1.54) is 39.2 Å². The van der Waals surface area contributed by atoms with Crippen molar-refractivity contribution >= 4 is 50.6 Å². The first kappa shape index (κ1) is 23.2. The van der Waals surface area contributed by atoms with Gasteiger partial charge in [-0.05, 0) is 44.0 Å². The minimum atomic E-state index is -3.66. The van der Waals surface area contributed by atoms with E-state index >= 15 is 0 Å². The normalized spacial score (nSPS) is 14.0. The second-order valence-electron chi connectivity index (χ2n) is 7.92. The fourth-order valence-electron chi connectivity index (χ4n) is 3.56. The highest BCUT2D eigenvalue weighted by Crippen LogP contribution is 2.30. The van der Waals surface area contributed by atoms with Gasteiger partial charge in [0, 0.05) is 27.2 Å². The molecule has 0 spiro atoms. The molecule has 0 radical (unpaired) electrons. The fourth-order valence-corrected chi connectivity index (χ4v) is 4.74. The van der Waals surface area contributed by atoms with E-state index in [0.717, 1.165) is 34.6 Å². The van der Waals surface area contributed by atoms with Crippen molar-refractivity contribution in [3.8, 4) is 0 Å². The van der Waals surface area contributed by atoms with Crippen LogP contribution in [0.5, 0.6) is 0 Å². The molecule has 174 valence electrons. The van der Waals surface area contributed by atoms with Gasteiger partial charge in [0.25, 0.3) is 0 Å². The van der Waals surface area contributed by atoms with E-state index in [2.05, 4.69) is 25.5 Å². The summed E-state index contributed by atoms with van der Waals surface area (Å²) in [5, 5.41) is 6.48. The quantitative estimate of drug-likeness (QED) is 0.511. The predicted octanol–water partition coefficient (Wildman–Crippen LogP) is 4.17. The molecule has 33 heavy (non-hydrogen) atoms. The summed E-state index contributed by atoms with van der Waals surface area (Å²) in [5.41, 5.74) is 1.97. The van der Waals surface area contributed by atoms with Gasteiger partial charge in [-0.3, -0.25) is 0 Å². The van der Waals surface area contributed by atoms with E-state index in [4.69, 9.17) is 16.6 Å². The van der Waals surface area contributed by atoms with Crippen LogP contribution in [0.1, 0.15) is 18.5 Å². The Bertz CT molecular complexity index is 1260. The van der Waals surface area contributed by atoms with E-state index in [0.29, 0.717) is 11.6 Å². The Hall–Kier alpha value is -2.95. The van der Waals surface area contributed by atoms with Gasteiger partial charge in [0.1, 0.15) is 15.7 Å². The molecule has 2 N–H and O–H groups in total. The molecule has 0 amide bonds. The molecule has 1 saturated heterocycles. The van der Waals surface area contributed by atoms with Gasteiger partial charge in [-0.15, -0.1) is 0 Å². The maximum absolute atomic E-state index is 12.7. The van der Waals surface area contributed by atoms with Crippen LogP contribution in [0.2, 0.25) is 5.02 Å². The molecule has 1 aliphatic heterocycles. The zero-order valence-corrected chi connectivity index (χ0v) is 20.3. The van der Waals surface area contributed by atoms with Gasteiger partial charge >= 0.3 is 0 Å². The number of rotatable bonds is 7. The van der Waals surface area contributed by atoms with Crippen LogP contribution >= 0.6 is 11.6 Å². The van der Waals surface area contributed by atoms with Crippen LogP contribution in [0.15, 0.2) is 47.5 Å². The maximum atomic E-state index is 12.7. The molecular weight excluding hydrogens is 462 g/mol. The van der Waals surface area contributed by atoms with Gasteiger partial charge in [-0.1, -0.05) is 23.7 Å². The number of halogens is 1. The van der Waals surface area contributed by atoms with E-state index in [-0.39, 0.29) is 15.7 Å². The van der Waals surface area contributed by atoms with Crippen molar-refractivity contribution < 1.29 is 8.42 Å². The highest BCUT2D eigenvalue weighted by Gasteiger charge is 2.22. The first-order valence-corrected chi connectivity index (χ1v) is 12.4. The van der Waals surface area contributed by atoms with Gasteiger partial charge in [0.2, 0.25) is 16.0 Å². The van der Waals surface area contributed by atoms with Crippen LogP contribution in [0.25, 0.3) is 0 Å². The molecule has 2 aromatic heterocycles. The number of para-hydroxylation sites is 1. The number of hydrogen-bond donors (Lipinski definition) is 2. The molecule has 0 bridgehead atoms. The third-order valence-corrected chi connectivity index (χ3v) is 7.54. The number of anilines is 5. The summed E-state index contributed by atoms with van der Waals surface area (Å²) in [5.74, 6) is 1.57. The van der Waals surface area contributed by atoms with Crippen LogP contribution in [0.3, 0.4) is 0 Å². The number of sulfonamides is 1. The molecule has 11 heteroatoms. The smallest absolute Gasteiger partial charge is 0.244 e. The number of benzene rings is 1. The number of nitrogens with zero attached hydrogens (tertiary/aromatic N) is 5. The molecule has 0 aliphatic carbocycles. The molecule has 3 aromatic rings. The lowest BCUT2D eigenvalue weighted by atomic mass is 10.3. The molecule has 0 atom stereocenters. The van der Waals surface area contributed by atoms with Gasteiger partial charge < -0.3 is 15.5 Å². The van der Waals surface area contributed by atoms with Crippen LogP contribution < -0.4 is 15.5 Å². The summed E-state index contributed by atoms with van der Waals surface area (Å²) in [4.78, 5) is 15.8. The zero-order valence-electron chi connectivity index (χ0n) is 18.7. The van der Waals surface area contributed by atoms with Crippen molar-refractivity contribution in [3.05, 3.63) is 53.3 Å². The molecule has 3 heterocycles. The molecule has 0 saturated carbocycles. The number of aromatic nitrogens is 3. The summed E-state index contributed by atoms with van der Waals surface area (Å²) in [7, 11) is -0.693. The summed E-state index contributed by atoms with van der Waals surface area (Å²) >= 11 is 6.31. The molecular formula is C22H26ClN7O2S. The van der Waals surface area contributed by atoms with Crippen LogP contribution in [-0.2, 0) is 10.0 Å². The monoisotopic (exact) mass is 487 g/mol. The largest absolute Gasteiger partial charge is 0.357 e. The van der Waals surface area contributed by atoms with Crippen molar-refractivity contribution in [2.75, 3.05) is 42.7 Å². The van der Waals surface area contributed by atoms with Crippen molar-refractivity contribution in [2.45, 2.75) is 24.7 Å². The molecule has 0 unspecified atom stereocenters. The molecule has 9 nitrogen and oxygen atoms in total. The number of aryl methyl sites for hydroxylation is 1. The van der Waals surface area contributed by atoms with Gasteiger partial charge in [0.05, 0.1) is 23.3 Å². The zero-order chi connectivity index (χ0) is 23.6. The number of pyridine rings is 1. The third-order valence-electron chi connectivity index (χ3n) is 5.39. The van der Waals surface area contributed by atoms with Crippen molar-refractivity contribution in [3.63, 3.8) is 0 Å². The lowest BCUT2D eigenvalue weighted by Gasteiger charge is -2.18. The average molecular weight is 488 g/mol. The van der Waals surface area contributed by atoms with Crippen molar-refractivity contribution in [1.82, 2.24) is 19.3 Å². The molecule has 1 fully saturated rings. The number of nitrogens with one attached hydrogen (secondary N) is 2. The number of hydrogen-bond acceptors (Lipinski definition) is 8. The summed E-state index contributed by atoms with van der Waals surface area (Å²) < 4.78 is 26.5. The van der Waals surface area contributed by atoms with Crippen LogP contribution in [0.4, 0.5) is 29.0 Å². The van der Waals surface area contributed by atoms with E-state index in [1.54, 1.807) is 18.2 Å². The second-order valence-corrected chi connectivity index (χ2v) is 10.4.